The number of fused-ring (bicyclic) bond motifs is 1. The van der Waals surface area contributed by atoms with Gasteiger partial charge in [0.2, 0.25) is 0 Å². The van der Waals surface area contributed by atoms with Gasteiger partial charge in [-0.3, -0.25) is 0 Å². The Balaban J connectivity index is 2.03. The van der Waals surface area contributed by atoms with Crippen LogP contribution in [0.3, 0.4) is 0 Å². The van der Waals surface area contributed by atoms with Crippen LogP contribution in [0.15, 0.2) is 24.3 Å². The maximum Gasteiger partial charge on any atom is 0.0613 e. The SMILES string of the molecule is COCC(C)NC1(C)Cc2ccccc2C1. The van der Waals surface area contributed by atoms with Crippen molar-refractivity contribution in [3.63, 3.8) is 0 Å². The zero-order valence-corrected chi connectivity index (χ0v) is 10.4. The van der Waals surface area contributed by atoms with E-state index in [4.69, 9.17) is 4.74 Å². The van der Waals surface area contributed by atoms with E-state index in [1.165, 1.54) is 11.1 Å². The van der Waals surface area contributed by atoms with E-state index in [1.54, 1.807) is 7.11 Å². The maximum atomic E-state index is 5.17. The lowest BCUT2D eigenvalue weighted by Crippen LogP contribution is -2.49. The topological polar surface area (TPSA) is 21.3 Å². The molecule has 0 saturated heterocycles. The van der Waals surface area contributed by atoms with Crippen LogP contribution in [0.2, 0.25) is 0 Å². The van der Waals surface area contributed by atoms with Gasteiger partial charge in [0.1, 0.15) is 0 Å². The molecule has 1 unspecified atom stereocenters. The minimum atomic E-state index is 0.196. The molecule has 0 heterocycles. The molecule has 0 aromatic heterocycles. The Hall–Kier alpha value is -0.860. The molecule has 0 amide bonds. The third kappa shape index (κ3) is 2.45. The van der Waals surface area contributed by atoms with Crippen molar-refractivity contribution in [2.45, 2.75) is 38.3 Å². The zero-order chi connectivity index (χ0) is 11.6. The Labute approximate surface area is 98.0 Å². The molecular weight excluding hydrogens is 198 g/mol. The Morgan fingerprint density at radius 1 is 1.31 bits per heavy atom. The fraction of sp³-hybridized carbons (Fsp3) is 0.571. The Bertz CT molecular complexity index is 337. The van der Waals surface area contributed by atoms with E-state index >= 15 is 0 Å². The molecule has 0 bridgehead atoms. The third-order valence-electron chi connectivity index (χ3n) is 3.29. The van der Waals surface area contributed by atoms with Crippen molar-refractivity contribution in [3.8, 4) is 0 Å². The first-order chi connectivity index (χ1) is 7.63. The van der Waals surface area contributed by atoms with Gasteiger partial charge in [0.25, 0.3) is 0 Å². The van der Waals surface area contributed by atoms with Crippen molar-refractivity contribution < 1.29 is 4.74 Å². The van der Waals surface area contributed by atoms with Crippen LogP contribution in [0.1, 0.15) is 25.0 Å². The molecule has 16 heavy (non-hydrogen) atoms. The molecule has 1 N–H and O–H groups in total. The molecule has 1 aromatic carbocycles. The molecule has 1 aliphatic rings. The summed E-state index contributed by atoms with van der Waals surface area (Å²) in [6, 6.07) is 9.14. The lowest BCUT2D eigenvalue weighted by Gasteiger charge is -2.29. The molecule has 2 nitrogen and oxygen atoms in total. The predicted molar refractivity (Wildman–Crippen MR) is 66.7 cm³/mol. The van der Waals surface area contributed by atoms with E-state index in [2.05, 4.69) is 43.4 Å². The van der Waals surface area contributed by atoms with E-state index in [1.807, 2.05) is 0 Å². The predicted octanol–water partition coefficient (Wildman–Crippen LogP) is 2.17. The molecule has 0 radical (unpaired) electrons. The van der Waals surface area contributed by atoms with Crippen molar-refractivity contribution >= 4 is 0 Å². The first kappa shape index (κ1) is 11.6. The van der Waals surface area contributed by atoms with Crippen LogP contribution in [0, 0.1) is 0 Å². The Morgan fingerprint density at radius 3 is 2.38 bits per heavy atom. The van der Waals surface area contributed by atoms with Crippen LogP contribution in [0.25, 0.3) is 0 Å². The van der Waals surface area contributed by atoms with Crippen LogP contribution < -0.4 is 5.32 Å². The third-order valence-corrected chi connectivity index (χ3v) is 3.29. The summed E-state index contributed by atoms with van der Waals surface area (Å²) >= 11 is 0. The van der Waals surface area contributed by atoms with Crippen molar-refractivity contribution in [1.29, 1.82) is 0 Å². The van der Waals surface area contributed by atoms with Crippen molar-refractivity contribution in [1.82, 2.24) is 5.32 Å². The number of hydrogen-bond donors (Lipinski definition) is 1. The summed E-state index contributed by atoms with van der Waals surface area (Å²) in [5.74, 6) is 0. The van der Waals surface area contributed by atoms with Gasteiger partial charge >= 0.3 is 0 Å². The molecule has 2 heteroatoms. The molecule has 1 aromatic rings. The molecule has 0 saturated carbocycles. The fourth-order valence-corrected chi connectivity index (χ4v) is 2.79. The highest BCUT2D eigenvalue weighted by Crippen LogP contribution is 2.29. The zero-order valence-electron chi connectivity index (χ0n) is 10.4. The van der Waals surface area contributed by atoms with E-state index in [0.29, 0.717) is 6.04 Å². The van der Waals surface area contributed by atoms with Gasteiger partial charge in [-0.25, -0.2) is 0 Å². The first-order valence-electron chi connectivity index (χ1n) is 5.96. The standard InChI is InChI=1S/C14H21NO/c1-11(10-16-3)15-14(2)8-12-6-4-5-7-13(12)9-14/h4-7,11,15H,8-10H2,1-3H3. The smallest absolute Gasteiger partial charge is 0.0613 e. The monoisotopic (exact) mass is 219 g/mol. The summed E-state index contributed by atoms with van der Waals surface area (Å²) in [4.78, 5) is 0. The van der Waals surface area contributed by atoms with E-state index in [0.717, 1.165) is 19.4 Å². The van der Waals surface area contributed by atoms with Crippen molar-refractivity contribution in [2.75, 3.05) is 13.7 Å². The average Bonchev–Trinajstić information content (AvgIpc) is 2.53. The molecule has 0 spiro atoms. The normalized spacial score (nSPS) is 19.4. The second-order valence-electron chi connectivity index (χ2n) is 5.18. The summed E-state index contributed by atoms with van der Waals surface area (Å²) in [7, 11) is 1.75. The largest absolute Gasteiger partial charge is 0.383 e. The molecule has 0 aliphatic heterocycles. The highest BCUT2D eigenvalue weighted by Gasteiger charge is 2.33. The summed E-state index contributed by atoms with van der Waals surface area (Å²) in [6.45, 7) is 5.25. The molecular formula is C14H21NO. The quantitative estimate of drug-likeness (QED) is 0.838. The fourth-order valence-electron chi connectivity index (χ4n) is 2.79. The average molecular weight is 219 g/mol. The number of hydrogen-bond acceptors (Lipinski definition) is 2. The van der Waals surface area contributed by atoms with Gasteiger partial charge in [0, 0.05) is 18.7 Å². The van der Waals surface area contributed by atoms with E-state index in [9.17, 15) is 0 Å². The molecule has 0 fully saturated rings. The molecule has 1 atom stereocenters. The lowest BCUT2D eigenvalue weighted by atomic mass is 9.97. The van der Waals surface area contributed by atoms with E-state index < -0.39 is 0 Å². The highest BCUT2D eigenvalue weighted by molar-refractivity contribution is 5.35. The summed E-state index contributed by atoms with van der Waals surface area (Å²) in [6.07, 6.45) is 2.24. The van der Waals surface area contributed by atoms with Crippen LogP contribution in [-0.4, -0.2) is 25.3 Å². The molecule has 88 valence electrons. The minimum absolute atomic E-state index is 0.196. The van der Waals surface area contributed by atoms with Crippen LogP contribution >= 0.6 is 0 Å². The second-order valence-corrected chi connectivity index (χ2v) is 5.18. The second kappa shape index (κ2) is 4.56. The van der Waals surface area contributed by atoms with Gasteiger partial charge in [-0.1, -0.05) is 24.3 Å². The van der Waals surface area contributed by atoms with Gasteiger partial charge in [-0.2, -0.15) is 0 Å². The van der Waals surface area contributed by atoms with Gasteiger partial charge in [0.15, 0.2) is 0 Å². The number of methoxy groups -OCH3 is 1. The number of benzene rings is 1. The Morgan fingerprint density at radius 2 is 1.88 bits per heavy atom. The van der Waals surface area contributed by atoms with Gasteiger partial charge < -0.3 is 10.1 Å². The lowest BCUT2D eigenvalue weighted by molar-refractivity contribution is 0.155. The van der Waals surface area contributed by atoms with E-state index in [-0.39, 0.29) is 5.54 Å². The van der Waals surface area contributed by atoms with Crippen molar-refractivity contribution in [3.05, 3.63) is 35.4 Å². The number of nitrogens with one attached hydrogen (secondary N) is 1. The highest BCUT2D eigenvalue weighted by atomic mass is 16.5. The summed E-state index contributed by atoms with van der Waals surface area (Å²) < 4.78 is 5.17. The minimum Gasteiger partial charge on any atom is -0.383 e. The van der Waals surface area contributed by atoms with Crippen molar-refractivity contribution in [2.24, 2.45) is 0 Å². The van der Waals surface area contributed by atoms with Crippen LogP contribution in [0.4, 0.5) is 0 Å². The summed E-state index contributed by atoms with van der Waals surface area (Å²) in [5, 5.41) is 3.68. The first-order valence-corrected chi connectivity index (χ1v) is 5.96. The maximum absolute atomic E-state index is 5.17. The number of rotatable bonds is 4. The van der Waals surface area contributed by atoms with Gasteiger partial charge in [0.05, 0.1) is 6.61 Å². The van der Waals surface area contributed by atoms with Gasteiger partial charge in [-0.15, -0.1) is 0 Å². The van der Waals surface area contributed by atoms with Crippen LogP contribution in [-0.2, 0) is 17.6 Å². The van der Waals surface area contributed by atoms with Crippen LogP contribution in [0.5, 0.6) is 0 Å². The summed E-state index contributed by atoms with van der Waals surface area (Å²) in [5.41, 5.74) is 3.17. The number of ether oxygens (including phenoxy) is 1. The van der Waals surface area contributed by atoms with Gasteiger partial charge in [-0.05, 0) is 37.8 Å². The molecule has 1 aliphatic carbocycles. The Kier molecular flexibility index (Phi) is 3.31. The molecule has 2 rings (SSSR count).